The van der Waals surface area contributed by atoms with E-state index in [-0.39, 0.29) is 0 Å². The Morgan fingerprint density at radius 2 is 2.13 bits per heavy atom. The number of nitrogens with two attached hydrogens (primary N) is 1. The molecule has 1 aliphatic rings. The van der Waals surface area contributed by atoms with Crippen LogP contribution in [0, 0.1) is 12.8 Å². The summed E-state index contributed by atoms with van der Waals surface area (Å²) < 4.78 is 0. The van der Waals surface area contributed by atoms with Crippen molar-refractivity contribution < 1.29 is 0 Å². The topological polar surface area (TPSA) is 29.3 Å². The van der Waals surface area contributed by atoms with E-state index >= 15 is 0 Å². The van der Waals surface area contributed by atoms with E-state index in [1.807, 2.05) is 12.1 Å². The maximum Gasteiger partial charge on any atom is 0.0627 e. The molecule has 1 saturated carbocycles. The molecule has 82 valence electrons. The highest BCUT2D eigenvalue weighted by molar-refractivity contribution is 5.71. The minimum atomic E-state index is 0.883. The number of hydrogen-bond acceptors (Lipinski definition) is 2. The first kappa shape index (κ1) is 10.3. The van der Waals surface area contributed by atoms with Gasteiger partial charge in [-0.2, -0.15) is 0 Å². The van der Waals surface area contributed by atoms with Crippen LogP contribution in [0.4, 0.5) is 11.4 Å². The first-order valence-corrected chi connectivity index (χ1v) is 5.74. The molecule has 1 aliphatic carbocycles. The molecule has 0 unspecified atom stereocenters. The SMILES string of the molecule is Cc1cccc(N)c1N(C)CC1CCC1. The normalized spacial score (nSPS) is 16.1. The van der Waals surface area contributed by atoms with Crippen LogP contribution < -0.4 is 10.6 Å². The maximum absolute atomic E-state index is 6.02. The maximum atomic E-state index is 6.02. The van der Waals surface area contributed by atoms with Crippen LogP contribution in [0.25, 0.3) is 0 Å². The van der Waals surface area contributed by atoms with Gasteiger partial charge in [-0.1, -0.05) is 18.6 Å². The fourth-order valence-electron chi connectivity index (χ4n) is 2.36. The molecular formula is C13H20N2. The van der Waals surface area contributed by atoms with Gasteiger partial charge in [0.15, 0.2) is 0 Å². The van der Waals surface area contributed by atoms with Crippen LogP contribution in [-0.2, 0) is 0 Å². The minimum Gasteiger partial charge on any atom is -0.397 e. The molecule has 0 saturated heterocycles. The van der Waals surface area contributed by atoms with E-state index in [2.05, 4.69) is 24.9 Å². The van der Waals surface area contributed by atoms with Crippen molar-refractivity contribution in [3.63, 3.8) is 0 Å². The Hall–Kier alpha value is -1.18. The predicted molar refractivity (Wildman–Crippen MR) is 66.2 cm³/mol. The molecular weight excluding hydrogens is 184 g/mol. The zero-order valence-electron chi connectivity index (χ0n) is 9.66. The molecule has 15 heavy (non-hydrogen) atoms. The van der Waals surface area contributed by atoms with E-state index in [4.69, 9.17) is 5.73 Å². The highest BCUT2D eigenvalue weighted by Gasteiger charge is 2.20. The highest BCUT2D eigenvalue weighted by Crippen LogP contribution is 2.31. The van der Waals surface area contributed by atoms with Gasteiger partial charge in [-0.05, 0) is 37.3 Å². The third kappa shape index (κ3) is 2.09. The standard InChI is InChI=1S/C13H20N2/c1-10-5-3-8-12(14)13(10)15(2)9-11-6-4-7-11/h3,5,8,11H,4,6-7,9,14H2,1-2H3. The molecule has 0 amide bonds. The lowest BCUT2D eigenvalue weighted by Gasteiger charge is -2.32. The van der Waals surface area contributed by atoms with Gasteiger partial charge >= 0.3 is 0 Å². The van der Waals surface area contributed by atoms with Crippen LogP contribution in [0.15, 0.2) is 18.2 Å². The van der Waals surface area contributed by atoms with E-state index in [1.165, 1.54) is 30.5 Å². The van der Waals surface area contributed by atoms with Crippen molar-refractivity contribution in [2.75, 3.05) is 24.2 Å². The van der Waals surface area contributed by atoms with Gasteiger partial charge in [-0.15, -0.1) is 0 Å². The Kier molecular flexibility index (Phi) is 2.85. The fraction of sp³-hybridized carbons (Fsp3) is 0.538. The van der Waals surface area contributed by atoms with Crippen molar-refractivity contribution in [2.45, 2.75) is 26.2 Å². The van der Waals surface area contributed by atoms with Crippen molar-refractivity contribution in [1.29, 1.82) is 0 Å². The van der Waals surface area contributed by atoms with Gasteiger partial charge in [0.25, 0.3) is 0 Å². The highest BCUT2D eigenvalue weighted by atomic mass is 15.1. The third-order valence-electron chi connectivity index (χ3n) is 3.41. The van der Waals surface area contributed by atoms with Crippen LogP contribution >= 0.6 is 0 Å². The average molecular weight is 204 g/mol. The second-order valence-electron chi connectivity index (χ2n) is 4.69. The van der Waals surface area contributed by atoms with Crippen molar-refractivity contribution in [2.24, 2.45) is 5.92 Å². The van der Waals surface area contributed by atoms with Crippen molar-refractivity contribution >= 4 is 11.4 Å². The van der Waals surface area contributed by atoms with Gasteiger partial charge in [0, 0.05) is 13.6 Å². The largest absolute Gasteiger partial charge is 0.397 e. The summed E-state index contributed by atoms with van der Waals surface area (Å²) in [5.41, 5.74) is 9.40. The number of para-hydroxylation sites is 1. The Labute approximate surface area is 92.1 Å². The molecule has 0 aromatic heterocycles. The summed E-state index contributed by atoms with van der Waals surface area (Å²) in [4.78, 5) is 2.31. The number of hydrogen-bond donors (Lipinski definition) is 1. The summed E-state index contributed by atoms with van der Waals surface area (Å²) in [7, 11) is 2.15. The molecule has 2 rings (SSSR count). The van der Waals surface area contributed by atoms with Crippen LogP contribution in [0.1, 0.15) is 24.8 Å². The summed E-state index contributed by atoms with van der Waals surface area (Å²) in [6.45, 7) is 3.28. The Morgan fingerprint density at radius 3 is 2.67 bits per heavy atom. The van der Waals surface area contributed by atoms with Gasteiger partial charge in [-0.25, -0.2) is 0 Å². The molecule has 1 fully saturated rings. The van der Waals surface area contributed by atoms with E-state index in [9.17, 15) is 0 Å². The van der Waals surface area contributed by atoms with E-state index in [0.29, 0.717) is 0 Å². The molecule has 1 aromatic rings. The smallest absolute Gasteiger partial charge is 0.0627 e. The second-order valence-corrected chi connectivity index (χ2v) is 4.69. The molecule has 2 N–H and O–H groups in total. The van der Waals surface area contributed by atoms with Gasteiger partial charge < -0.3 is 10.6 Å². The molecule has 2 heteroatoms. The molecule has 0 aliphatic heterocycles. The lowest BCUT2D eigenvalue weighted by molar-refractivity contribution is 0.321. The van der Waals surface area contributed by atoms with Crippen LogP contribution in [0.5, 0.6) is 0 Å². The van der Waals surface area contributed by atoms with Crippen molar-refractivity contribution in [3.8, 4) is 0 Å². The Morgan fingerprint density at radius 1 is 1.40 bits per heavy atom. The lowest BCUT2D eigenvalue weighted by Crippen LogP contribution is -2.30. The molecule has 0 atom stereocenters. The Balaban J connectivity index is 2.12. The number of nitrogen functional groups attached to an aromatic ring is 1. The number of benzene rings is 1. The van der Waals surface area contributed by atoms with Crippen LogP contribution in [-0.4, -0.2) is 13.6 Å². The quantitative estimate of drug-likeness (QED) is 0.767. The molecule has 0 heterocycles. The minimum absolute atomic E-state index is 0.883. The summed E-state index contributed by atoms with van der Waals surface area (Å²) in [6.07, 6.45) is 4.17. The van der Waals surface area contributed by atoms with Gasteiger partial charge in [-0.3, -0.25) is 0 Å². The van der Waals surface area contributed by atoms with E-state index in [0.717, 1.165) is 18.2 Å². The first-order valence-electron chi connectivity index (χ1n) is 5.74. The number of rotatable bonds is 3. The fourth-order valence-corrected chi connectivity index (χ4v) is 2.36. The molecule has 0 spiro atoms. The predicted octanol–water partition coefficient (Wildman–Crippen LogP) is 2.81. The lowest BCUT2D eigenvalue weighted by atomic mass is 9.85. The monoisotopic (exact) mass is 204 g/mol. The number of anilines is 2. The molecule has 0 radical (unpaired) electrons. The summed E-state index contributed by atoms with van der Waals surface area (Å²) in [6, 6.07) is 6.13. The molecule has 0 bridgehead atoms. The van der Waals surface area contributed by atoms with Crippen molar-refractivity contribution in [1.82, 2.24) is 0 Å². The summed E-state index contributed by atoms with van der Waals surface area (Å²) in [5, 5.41) is 0. The van der Waals surface area contributed by atoms with Gasteiger partial charge in [0.2, 0.25) is 0 Å². The van der Waals surface area contributed by atoms with Crippen molar-refractivity contribution in [3.05, 3.63) is 23.8 Å². The third-order valence-corrected chi connectivity index (χ3v) is 3.41. The van der Waals surface area contributed by atoms with Crippen LogP contribution in [0.2, 0.25) is 0 Å². The van der Waals surface area contributed by atoms with E-state index < -0.39 is 0 Å². The van der Waals surface area contributed by atoms with E-state index in [1.54, 1.807) is 0 Å². The average Bonchev–Trinajstić information content (AvgIpc) is 2.11. The van der Waals surface area contributed by atoms with Gasteiger partial charge in [0.05, 0.1) is 11.4 Å². The van der Waals surface area contributed by atoms with Crippen LogP contribution in [0.3, 0.4) is 0 Å². The number of nitrogens with zero attached hydrogens (tertiary/aromatic N) is 1. The molecule has 1 aromatic carbocycles. The number of aryl methyl sites for hydroxylation is 1. The second kappa shape index (κ2) is 4.13. The zero-order chi connectivity index (χ0) is 10.8. The first-order chi connectivity index (χ1) is 7.18. The summed E-state index contributed by atoms with van der Waals surface area (Å²) in [5.74, 6) is 0.883. The molecule has 2 nitrogen and oxygen atoms in total. The van der Waals surface area contributed by atoms with Gasteiger partial charge in [0.1, 0.15) is 0 Å². The Bertz CT molecular complexity index is 322. The zero-order valence-corrected chi connectivity index (χ0v) is 9.66. The summed E-state index contributed by atoms with van der Waals surface area (Å²) >= 11 is 0.